The average Bonchev–Trinajstić information content (AvgIpc) is 2.92. The smallest absolute Gasteiger partial charge is 0.334 e. The van der Waals surface area contributed by atoms with E-state index in [2.05, 4.69) is 0 Å². The fourth-order valence-corrected chi connectivity index (χ4v) is 2.10. The molecule has 1 aromatic carbocycles. The molecule has 3 rings (SSSR count). The molecule has 5 nitrogen and oxygen atoms in total. The fourth-order valence-electron chi connectivity index (χ4n) is 2.10. The Bertz CT molecular complexity index is 588. The van der Waals surface area contributed by atoms with Gasteiger partial charge in [-0.2, -0.15) is 0 Å². The summed E-state index contributed by atoms with van der Waals surface area (Å²) in [6, 6.07) is 5.66. The van der Waals surface area contributed by atoms with Crippen molar-refractivity contribution >= 4 is 12.0 Å². The number of rotatable bonds is 3. The number of carbonyl (C=O) groups is 1. The van der Waals surface area contributed by atoms with Crippen molar-refractivity contribution in [2.45, 2.75) is 12.5 Å². The van der Waals surface area contributed by atoms with E-state index in [1.165, 1.54) is 6.08 Å². The molecule has 104 valence electrons. The van der Waals surface area contributed by atoms with E-state index in [0.29, 0.717) is 12.2 Å². The maximum absolute atomic E-state index is 11.4. The van der Waals surface area contributed by atoms with Crippen LogP contribution in [0.2, 0.25) is 0 Å². The molecule has 1 aromatic rings. The van der Waals surface area contributed by atoms with Crippen LogP contribution in [-0.2, 0) is 14.3 Å². The molecule has 5 heteroatoms. The second-order valence-electron chi connectivity index (χ2n) is 4.47. The van der Waals surface area contributed by atoms with Crippen molar-refractivity contribution in [1.29, 1.82) is 0 Å². The summed E-state index contributed by atoms with van der Waals surface area (Å²) in [4.78, 5) is 11.4. The molecule has 2 aliphatic heterocycles. The first-order chi connectivity index (χ1) is 9.74. The Kier molecular flexibility index (Phi) is 3.33. The van der Waals surface area contributed by atoms with E-state index in [-0.39, 0.29) is 18.9 Å². The van der Waals surface area contributed by atoms with Crippen molar-refractivity contribution in [3.8, 4) is 11.5 Å². The quantitative estimate of drug-likeness (QED) is 0.791. The molecular weight excluding hydrogens is 260 g/mol. The topological polar surface area (TPSA) is 54.0 Å². The third kappa shape index (κ3) is 2.61. The average molecular weight is 274 g/mol. The van der Waals surface area contributed by atoms with Crippen LogP contribution in [0.1, 0.15) is 12.0 Å². The minimum Gasteiger partial charge on any atom is -0.501 e. The molecule has 0 aliphatic carbocycles. The summed E-state index contributed by atoms with van der Waals surface area (Å²) in [5.74, 6) is 1.72. The van der Waals surface area contributed by atoms with Crippen molar-refractivity contribution in [2.75, 3.05) is 13.9 Å². The zero-order valence-electron chi connectivity index (χ0n) is 11.0. The van der Waals surface area contributed by atoms with Crippen LogP contribution in [0.5, 0.6) is 11.5 Å². The van der Waals surface area contributed by atoms with Gasteiger partial charge in [0.15, 0.2) is 11.5 Å². The lowest BCUT2D eigenvalue weighted by Crippen LogP contribution is -2.21. The van der Waals surface area contributed by atoms with Crippen LogP contribution in [0.3, 0.4) is 0 Å². The van der Waals surface area contributed by atoms with Crippen LogP contribution in [0.25, 0.3) is 6.08 Å². The number of methoxy groups -OCH3 is 1. The third-order valence-electron chi connectivity index (χ3n) is 3.11. The molecule has 2 heterocycles. The van der Waals surface area contributed by atoms with Crippen molar-refractivity contribution in [2.24, 2.45) is 0 Å². The predicted molar refractivity (Wildman–Crippen MR) is 71.2 cm³/mol. The number of benzene rings is 1. The standard InChI is InChI=1S/C15H14O5/c1-17-12-7-11(20-15(16)8-12)4-2-10-3-5-13-14(6-10)19-9-18-13/h2-6,8,11H,7,9H2,1H3/b4-2-/t11-/m1/s1. The summed E-state index contributed by atoms with van der Waals surface area (Å²) in [5, 5.41) is 0. The Labute approximate surface area is 116 Å². The highest BCUT2D eigenvalue weighted by molar-refractivity contribution is 5.83. The maximum atomic E-state index is 11.4. The van der Waals surface area contributed by atoms with Gasteiger partial charge in [0, 0.05) is 6.42 Å². The summed E-state index contributed by atoms with van der Waals surface area (Å²) in [5.41, 5.74) is 0.957. The van der Waals surface area contributed by atoms with Crippen LogP contribution >= 0.6 is 0 Å². The van der Waals surface area contributed by atoms with Crippen LogP contribution < -0.4 is 9.47 Å². The van der Waals surface area contributed by atoms with E-state index in [0.717, 1.165) is 17.1 Å². The van der Waals surface area contributed by atoms with Crippen molar-refractivity contribution in [1.82, 2.24) is 0 Å². The second-order valence-corrected chi connectivity index (χ2v) is 4.47. The fraction of sp³-hybridized carbons (Fsp3) is 0.267. The normalized spacial score (nSPS) is 20.8. The highest BCUT2D eigenvalue weighted by Crippen LogP contribution is 2.33. The molecule has 0 radical (unpaired) electrons. The summed E-state index contributed by atoms with van der Waals surface area (Å²) in [7, 11) is 1.54. The van der Waals surface area contributed by atoms with Crippen molar-refractivity contribution in [3.05, 3.63) is 41.7 Å². The minimum absolute atomic E-state index is 0.255. The number of carbonyl (C=O) groups excluding carboxylic acids is 1. The van der Waals surface area contributed by atoms with Crippen molar-refractivity contribution in [3.63, 3.8) is 0 Å². The first-order valence-corrected chi connectivity index (χ1v) is 6.27. The van der Waals surface area contributed by atoms with Gasteiger partial charge in [-0.15, -0.1) is 0 Å². The summed E-state index contributed by atoms with van der Waals surface area (Å²) in [6.45, 7) is 0.255. The molecule has 20 heavy (non-hydrogen) atoms. The van der Waals surface area contributed by atoms with Gasteiger partial charge < -0.3 is 18.9 Å². The zero-order chi connectivity index (χ0) is 13.9. The van der Waals surface area contributed by atoms with Gasteiger partial charge in [-0.1, -0.05) is 12.1 Å². The summed E-state index contributed by atoms with van der Waals surface area (Å²) >= 11 is 0. The number of hydrogen-bond donors (Lipinski definition) is 0. The summed E-state index contributed by atoms with van der Waals surface area (Å²) < 4.78 is 20.9. The first-order valence-electron chi connectivity index (χ1n) is 6.27. The van der Waals surface area contributed by atoms with Crippen LogP contribution in [0, 0.1) is 0 Å². The molecule has 0 N–H and O–H groups in total. The Morgan fingerprint density at radius 1 is 1.30 bits per heavy atom. The molecule has 0 saturated carbocycles. The van der Waals surface area contributed by atoms with Crippen LogP contribution in [0.4, 0.5) is 0 Å². The molecule has 2 aliphatic rings. The van der Waals surface area contributed by atoms with Gasteiger partial charge in [0.2, 0.25) is 6.79 Å². The molecule has 0 amide bonds. The summed E-state index contributed by atoms with van der Waals surface area (Å²) in [6.07, 6.45) is 5.32. The number of fused-ring (bicyclic) bond motifs is 1. The van der Waals surface area contributed by atoms with E-state index in [1.54, 1.807) is 7.11 Å². The van der Waals surface area contributed by atoms with Gasteiger partial charge >= 0.3 is 5.97 Å². The predicted octanol–water partition coefficient (Wildman–Crippen LogP) is 2.27. The molecule has 0 fully saturated rings. The van der Waals surface area contributed by atoms with Crippen LogP contribution in [0.15, 0.2) is 36.1 Å². The molecule has 0 unspecified atom stereocenters. The third-order valence-corrected chi connectivity index (χ3v) is 3.11. The van der Waals surface area contributed by atoms with Gasteiger partial charge in [-0.05, 0) is 23.8 Å². The molecule has 1 atom stereocenters. The molecular formula is C15H14O5. The minimum atomic E-state index is -0.381. The Hall–Kier alpha value is -2.43. The van der Waals surface area contributed by atoms with E-state index in [1.807, 2.05) is 30.4 Å². The van der Waals surface area contributed by atoms with E-state index >= 15 is 0 Å². The van der Waals surface area contributed by atoms with Gasteiger partial charge in [0.25, 0.3) is 0 Å². The Balaban J connectivity index is 1.71. The van der Waals surface area contributed by atoms with Gasteiger partial charge in [0.05, 0.1) is 13.2 Å². The number of esters is 1. The second kappa shape index (κ2) is 5.28. The monoisotopic (exact) mass is 274 g/mol. The SMILES string of the molecule is COC1=CC(=O)O[C@H](/C=C\c2ccc3c(c2)OCO3)C1. The lowest BCUT2D eigenvalue weighted by Gasteiger charge is -2.19. The van der Waals surface area contributed by atoms with E-state index in [9.17, 15) is 4.79 Å². The zero-order valence-corrected chi connectivity index (χ0v) is 11.0. The van der Waals surface area contributed by atoms with Gasteiger partial charge in [0.1, 0.15) is 11.9 Å². The highest BCUT2D eigenvalue weighted by atomic mass is 16.7. The number of cyclic esters (lactones) is 1. The molecule has 0 saturated heterocycles. The van der Waals surface area contributed by atoms with E-state index < -0.39 is 0 Å². The van der Waals surface area contributed by atoms with Gasteiger partial charge in [-0.3, -0.25) is 0 Å². The largest absolute Gasteiger partial charge is 0.501 e. The van der Waals surface area contributed by atoms with E-state index in [4.69, 9.17) is 18.9 Å². The maximum Gasteiger partial charge on any atom is 0.334 e. The van der Waals surface area contributed by atoms with Crippen LogP contribution in [-0.4, -0.2) is 26.0 Å². The molecule has 0 aromatic heterocycles. The van der Waals surface area contributed by atoms with Gasteiger partial charge in [-0.25, -0.2) is 4.79 Å². The molecule has 0 spiro atoms. The highest BCUT2D eigenvalue weighted by Gasteiger charge is 2.20. The number of ether oxygens (including phenoxy) is 4. The Morgan fingerprint density at radius 2 is 2.15 bits per heavy atom. The molecule has 0 bridgehead atoms. The number of hydrogen-bond acceptors (Lipinski definition) is 5. The lowest BCUT2D eigenvalue weighted by molar-refractivity contribution is -0.142. The van der Waals surface area contributed by atoms with Crippen molar-refractivity contribution < 1.29 is 23.7 Å². The lowest BCUT2D eigenvalue weighted by atomic mass is 10.1. The first kappa shape index (κ1) is 12.6. The Morgan fingerprint density at radius 3 is 3.00 bits per heavy atom.